The van der Waals surface area contributed by atoms with Gasteiger partial charge < -0.3 is 0 Å². The summed E-state index contributed by atoms with van der Waals surface area (Å²) in [5.74, 6) is 1.68. The van der Waals surface area contributed by atoms with E-state index in [-0.39, 0.29) is 0 Å². The summed E-state index contributed by atoms with van der Waals surface area (Å²) in [6.45, 7) is 0. The number of para-hydroxylation sites is 2. The van der Waals surface area contributed by atoms with Crippen LogP contribution >= 0.6 is 0 Å². The van der Waals surface area contributed by atoms with E-state index in [9.17, 15) is 0 Å². The predicted molar refractivity (Wildman–Crippen MR) is 128 cm³/mol. The smallest absolute Gasteiger partial charge is 0.221 e. The number of nitrogens with zero attached hydrogens (tertiary/aromatic N) is 5. The first-order valence-electron chi connectivity index (χ1n) is 10.6. The lowest BCUT2D eigenvalue weighted by atomic mass is 10.1. The van der Waals surface area contributed by atoms with Gasteiger partial charge in [-0.3, -0.25) is 14.0 Å². The molecule has 5 nitrogen and oxygen atoms in total. The number of benzene rings is 3. The maximum absolute atomic E-state index is 5.03. The number of fused-ring (bicyclic) bond motifs is 7. The maximum atomic E-state index is 5.03. The van der Waals surface area contributed by atoms with Gasteiger partial charge in [0.1, 0.15) is 5.82 Å². The van der Waals surface area contributed by atoms with Gasteiger partial charge in [-0.15, -0.1) is 0 Å². The lowest BCUT2D eigenvalue weighted by Gasteiger charge is -2.07. The Labute approximate surface area is 183 Å². The molecule has 0 aliphatic rings. The van der Waals surface area contributed by atoms with Gasteiger partial charge in [0.15, 0.2) is 0 Å². The summed E-state index contributed by atoms with van der Waals surface area (Å²) in [4.78, 5) is 14.6. The Morgan fingerprint density at radius 3 is 2.41 bits per heavy atom. The Morgan fingerprint density at radius 1 is 0.594 bits per heavy atom. The van der Waals surface area contributed by atoms with Crippen LogP contribution in [0.25, 0.3) is 55.8 Å². The molecule has 0 bridgehead atoms. The average molecular weight is 411 g/mol. The molecule has 4 heterocycles. The molecule has 0 fully saturated rings. The van der Waals surface area contributed by atoms with Gasteiger partial charge in [-0.1, -0.05) is 48.5 Å². The Morgan fingerprint density at radius 2 is 1.47 bits per heavy atom. The van der Waals surface area contributed by atoms with Crippen LogP contribution in [-0.4, -0.2) is 23.9 Å². The first-order chi connectivity index (χ1) is 15.9. The van der Waals surface area contributed by atoms with E-state index in [1.54, 1.807) is 0 Å². The van der Waals surface area contributed by atoms with E-state index in [0.29, 0.717) is 0 Å². The fourth-order valence-electron chi connectivity index (χ4n) is 4.58. The molecule has 0 atom stereocenters. The number of aromatic nitrogens is 5. The summed E-state index contributed by atoms with van der Waals surface area (Å²) >= 11 is 0. The lowest BCUT2D eigenvalue weighted by molar-refractivity contribution is 1.04. The Kier molecular flexibility index (Phi) is 3.49. The number of pyridine rings is 2. The summed E-state index contributed by atoms with van der Waals surface area (Å²) in [6, 6.07) is 32.9. The average Bonchev–Trinajstić information content (AvgIpc) is 3.39. The summed E-state index contributed by atoms with van der Waals surface area (Å²) in [6.07, 6.45) is 1.83. The van der Waals surface area contributed by atoms with Crippen molar-refractivity contribution in [3.63, 3.8) is 0 Å². The summed E-state index contributed by atoms with van der Waals surface area (Å²) < 4.78 is 4.37. The molecule has 0 unspecified atom stereocenters. The molecular weight excluding hydrogens is 394 g/mol. The molecule has 0 spiro atoms. The van der Waals surface area contributed by atoms with Crippen LogP contribution in [0.15, 0.2) is 103 Å². The molecule has 0 aliphatic heterocycles. The maximum Gasteiger partial charge on any atom is 0.221 e. The van der Waals surface area contributed by atoms with Crippen molar-refractivity contribution in [2.75, 3.05) is 0 Å². The second kappa shape index (κ2) is 6.49. The van der Waals surface area contributed by atoms with Crippen LogP contribution in [0.5, 0.6) is 0 Å². The SMILES string of the molecule is c1ccc(-c2cccc(-n3c4ccc5ncccc5c4n4c5ccccc5nc34)n2)cc1. The van der Waals surface area contributed by atoms with E-state index in [1.807, 2.05) is 48.7 Å². The topological polar surface area (TPSA) is 48.0 Å². The first kappa shape index (κ1) is 17.2. The Hall–Kier alpha value is -4.51. The summed E-state index contributed by atoms with van der Waals surface area (Å²) in [5.41, 5.74) is 7.15. The van der Waals surface area contributed by atoms with Crippen LogP contribution in [-0.2, 0) is 0 Å². The molecular formula is C27H17N5. The highest BCUT2D eigenvalue weighted by atomic mass is 15.2. The zero-order chi connectivity index (χ0) is 21.1. The second-order valence-electron chi connectivity index (χ2n) is 7.82. The van der Waals surface area contributed by atoms with Crippen molar-refractivity contribution in [2.45, 2.75) is 0 Å². The third-order valence-corrected chi connectivity index (χ3v) is 5.98. The second-order valence-corrected chi connectivity index (χ2v) is 7.82. The van der Waals surface area contributed by atoms with E-state index >= 15 is 0 Å². The van der Waals surface area contributed by atoms with Crippen molar-refractivity contribution >= 4 is 38.7 Å². The minimum Gasteiger partial charge on any atom is -0.275 e. The quantitative estimate of drug-likeness (QED) is 0.348. The molecule has 0 saturated heterocycles. The number of imidazole rings is 2. The normalized spacial score (nSPS) is 11.8. The van der Waals surface area contributed by atoms with Crippen molar-refractivity contribution in [3.05, 3.63) is 103 Å². The molecule has 7 aromatic rings. The monoisotopic (exact) mass is 411 g/mol. The minimum atomic E-state index is 0.838. The number of hydrogen-bond donors (Lipinski definition) is 0. The van der Waals surface area contributed by atoms with E-state index in [2.05, 4.69) is 68.5 Å². The molecule has 0 amide bonds. The van der Waals surface area contributed by atoms with Gasteiger partial charge in [0.05, 0.1) is 33.3 Å². The zero-order valence-electron chi connectivity index (χ0n) is 17.1. The molecule has 3 aromatic carbocycles. The van der Waals surface area contributed by atoms with Gasteiger partial charge >= 0.3 is 0 Å². The van der Waals surface area contributed by atoms with Crippen LogP contribution < -0.4 is 0 Å². The summed E-state index contributed by atoms with van der Waals surface area (Å²) in [7, 11) is 0. The molecule has 4 aromatic heterocycles. The molecule has 0 N–H and O–H groups in total. The third-order valence-electron chi connectivity index (χ3n) is 5.98. The van der Waals surface area contributed by atoms with Crippen molar-refractivity contribution in [2.24, 2.45) is 0 Å². The fourth-order valence-corrected chi connectivity index (χ4v) is 4.58. The highest BCUT2D eigenvalue weighted by molar-refractivity contribution is 6.07. The Bertz CT molecular complexity index is 1780. The molecule has 7 rings (SSSR count). The first-order valence-corrected chi connectivity index (χ1v) is 10.6. The van der Waals surface area contributed by atoms with E-state index in [0.717, 1.165) is 55.8 Å². The highest BCUT2D eigenvalue weighted by Gasteiger charge is 2.20. The van der Waals surface area contributed by atoms with Crippen LogP contribution in [0.1, 0.15) is 0 Å². The molecule has 5 heteroatoms. The van der Waals surface area contributed by atoms with Crippen molar-refractivity contribution in [3.8, 4) is 17.1 Å². The minimum absolute atomic E-state index is 0.838. The molecule has 0 saturated carbocycles. The van der Waals surface area contributed by atoms with Crippen molar-refractivity contribution in [1.29, 1.82) is 0 Å². The van der Waals surface area contributed by atoms with Crippen molar-refractivity contribution in [1.82, 2.24) is 23.9 Å². The Balaban J connectivity index is 1.64. The molecule has 0 radical (unpaired) electrons. The van der Waals surface area contributed by atoms with Gasteiger partial charge in [0, 0.05) is 17.1 Å². The van der Waals surface area contributed by atoms with Gasteiger partial charge in [-0.2, -0.15) is 0 Å². The number of rotatable bonds is 2. The zero-order valence-corrected chi connectivity index (χ0v) is 17.1. The van der Waals surface area contributed by atoms with Crippen LogP contribution in [0.3, 0.4) is 0 Å². The predicted octanol–water partition coefficient (Wildman–Crippen LogP) is 6.04. The van der Waals surface area contributed by atoms with E-state index in [4.69, 9.17) is 9.97 Å². The standard InChI is InChI=1S/C27H17N5/c1-2-8-18(9-3-1)20-12-6-14-25(29-20)31-24-16-15-21-19(10-7-17-28-21)26(24)32-23-13-5-4-11-22(23)30-27(31)32/h1-17H. The van der Waals surface area contributed by atoms with Gasteiger partial charge in [0.25, 0.3) is 0 Å². The molecule has 32 heavy (non-hydrogen) atoms. The largest absolute Gasteiger partial charge is 0.275 e. The van der Waals surface area contributed by atoms with Crippen LogP contribution in [0, 0.1) is 0 Å². The highest BCUT2D eigenvalue weighted by Crippen LogP contribution is 2.33. The number of hydrogen-bond acceptors (Lipinski definition) is 3. The van der Waals surface area contributed by atoms with Gasteiger partial charge in [-0.25, -0.2) is 9.97 Å². The van der Waals surface area contributed by atoms with E-state index < -0.39 is 0 Å². The summed E-state index contributed by atoms with van der Waals surface area (Å²) in [5, 5.41) is 1.09. The molecule has 150 valence electrons. The fraction of sp³-hybridized carbons (Fsp3) is 0. The lowest BCUT2D eigenvalue weighted by Crippen LogP contribution is -1.99. The molecule has 0 aliphatic carbocycles. The van der Waals surface area contributed by atoms with Crippen molar-refractivity contribution < 1.29 is 0 Å². The van der Waals surface area contributed by atoms with Gasteiger partial charge in [0.2, 0.25) is 5.78 Å². The van der Waals surface area contributed by atoms with E-state index in [1.165, 1.54) is 0 Å². The van der Waals surface area contributed by atoms with Crippen LogP contribution in [0.4, 0.5) is 0 Å². The van der Waals surface area contributed by atoms with Gasteiger partial charge in [-0.05, 0) is 48.5 Å². The third kappa shape index (κ3) is 2.36. The van der Waals surface area contributed by atoms with Crippen LogP contribution in [0.2, 0.25) is 0 Å².